The highest BCUT2D eigenvalue weighted by molar-refractivity contribution is 6.54. The van der Waals surface area contributed by atoms with Crippen LogP contribution >= 0.6 is 0 Å². The largest absolute Gasteiger partial charge is 0.473 e. The number of carbonyl (C=O) groups is 1. The maximum absolute atomic E-state index is 13.6. The van der Waals surface area contributed by atoms with Crippen molar-refractivity contribution in [3.8, 4) is 17.1 Å². The molecule has 0 spiro atoms. The molecule has 0 radical (unpaired) electrons. The van der Waals surface area contributed by atoms with Crippen molar-refractivity contribution in [2.24, 2.45) is 0 Å². The summed E-state index contributed by atoms with van der Waals surface area (Å²) in [5.74, 6) is 5.02. The number of ether oxygens (including phenoxy) is 1. The number of aliphatic hydroxyl groups excluding tert-OH is 1. The molecule has 1 amide bonds. The van der Waals surface area contributed by atoms with E-state index in [1.165, 1.54) is 18.3 Å². The third-order valence-corrected chi connectivity index (χ3v) is 3.99. The molecule has 3 rings (SSSR count). The van der Waals surface area contributed by atoms with Gasteiger partial charge in [-0.25, -0.2) is 13.8 Å². The number of amides is 1. The summed E-state index contributed by atoms with van der Waals surface area (Å²) in [5, 5.41) is 16.0. The predicted octanol–water partition coefficient (Wildman–Crippen LogP) is 4.59. The molecule has 0 atom stereocenters. The number of nitrogens with zero attached hydrogens (tertiary/aromatic N) is 2. The molecule has 0 aliphatic heterocycles. The summed E-state index contributed by atoms with van der Waals surface area (Å²) in [5.41, 5.74) is 1.26. The van der Waals surface area contributed by atoms with Crippen LogP contribution in [0.1, 0.15) is 35.5 Å². The van der Waals surface area contributed by atoms with Crippen LogP contribution in [-0.2, 0) is 13.2 Å². The Bertz CT molecular complexity index is 1050. The Morgan fingerprint density at radius 1 is 1.18 bits per heavy atom. The first kappa shape index (κ1) is 26.5. The van der Waals surface area contributed by atoms with Crippen LogP contribution in [0.2, 0.25) is 17.4 Å². The number of nitrogens with one attached hydrogen (secondary N) is 1. The Labute approximate surface area is 196 Å². The van der Waals surface area contributed by atoms with Crippen LogP contribution in [0.25, 0.3) is 11.3 Å². The first-order valence-electron chi connectivity index (χ1n) is 10.6. The molecule has 0 saturated heterocycles. The molecule has 0 fully saturated rings. The molecular formula is C23H28AlF2N3O4. The van der Waals surface area contributed by atoms with Crippen molar-refractivity contribution in [2.45, 2.75) is 50.5 Å². The van der Waals surface area contributed by atoms with Crippen molar-refractivity contribution in [3.05, 3.63) is 65.1 Å². The van der Waals surface area contributed by atoms with Crippen LogP contribution in [0.3, 0.4) is 0 Å². The van der Waals surface area contributed by atoms with Crippen molar-refractivity contribution in [1.82, 2.24) is 15.5 Å². The standard InChI is InChI=1S/C20H19F2N3O4.3CH3.Al/c1-11(2)24-20(27)13-4-6-18(23-8-13)28-10-14-17(9-26)29-25-19(14)12-3-5-15(21)16(22)7-12;;;;/h3-8,11,26H,9-10H2,1-2H3,(H,24,27);3*1H3;. The molecule has 0 aliphatic rings. The fourth-order valence-corrected chi connectivity index (χ4v) is 2.58. The van der Waals surface area contributed by atoms with Crippen LogP contribution in [-0.4, -0.2) is 41.3 Å². The van der Waals surface area contributed by atoms with Gasteiger partial charge in [-0.3, -0.25) is 4.79 Å². The monoisotopic (exact) mass is 475 g/mol. The smallest absolute Gasteiger partial charge is 0.253 e. The highest BCUT2D eigenvalue weighted by Gasteiger charge is 2.19. The van der Waals surface area contributed by atoms with Gasteiger partial charge < -0.3 is 19.7 Å². The molecule has 2 N–H and O–H groups in total. The summed E-state index contributed by atoms with van der Waals surface area (Å²) in [6.07, 6.45) is 1.38. The molecule has 33 heavy (non-hydrogen) atoms. The van der Waals surface area contributed by atoms with Crippen molar-refractivity contribution >= 4 is 20.1 Å². The molecule has 0 bridgehead atoms. The summed E-state index contributed by atoms with van der Waals surface area (Å²) in [6.45, 7) is 3.17. The van der Waals surface area contributed by atoms with Gasteiger partial charge in [0.1, 0.15) is 18.9 Å². The summed E-state index contributed by atoms with van der Waals surface area (Å²) < 4.78 is 37.4. The molecular weight excluding hydrogens is 447 g/mol. The van der Waals surface area contributed by atoms with Gasteiger partial charge in [-0.15, -0.1) is 17.4 Å². The Balaban J connectivity index is 0.000000890. The van der Waals surface area contributed by atoms with E-state index in [9.17, 15) is 18.7 Å². The lowest BCUT2D eigenvalue weighted by Gasteiger charge is -2.09. The molecule has 2 aromatic heterocycles. The lowest BCUT2D eigenvalue weighted by Crippen LogP contribution is -2.30. The fraction of sp³-hybridized carbons (Fsp3) is 0.348. The van der Waals surface area contributed by atoms with Crippen molar-refractivity contribution in [2.75, 3.05) is 0 Å². The predicted molar refractivity (Wildman–Crippen MR) is 122 cm³/mol. The molecule has 1 aromatic carbocycles. The van der Waals surface area contributed by atoms with Gasteiger partial charge in [0, 0.05) is 23.9 Å². The summed E-state index contributed by atoms with van der Waals surface area (Å²) in [4.78, 5) is 16.0. The van der Waals surface area contributed by atoms with Crippen LogP contribution in [0, 0.1) is 11.6 Å². The molecule has 0 aliphatic carbocycles. The number of aliphatic hydroxyl groups is 1. The minimum atomic E-state index is -1.03. The van der Waals surface area contributed by atoms with Crippen molar-refractivity contribution in [1.29, 1.82) is 0 Å². The maximum Gasteiger partial charge on any atom is 0.253 e. The number of halogens is 2. The lowest BCUT2D eigenvalue weighted by atomic mass is 10.1. The van der Waals surface area contributed by atoms with E-state index in [0.717, 1.165) is 12.1 Å². The van der Waals surface area contributed by atoms with Gasteiger partial charge in [0.2, 0.25) is 5.88 Å². The number of pyridine rings is 1. The van der Waals surface area contributed by atoms with E-state index >= 15 is 0 Å². The quantitative estimate of drug-likeness (QED) is 0.485. The average molecular weight is 475 g/mol. The number of rotatable bonds is 7. The molecule has 176 valence electrons. The van der Waals surface area contributed by atoms with E-state index < -0.39 is 18.2 Å². The Hall–Kier alpha value is -2.80. The van der Waals surface area contributed by atoms with Gasteiger partial charge >= 0.3 is 0 Å². The number of hydrogen-bond donors (Lipinski definition) is 2. The second-order valence-corrected chi connectivity index (χ2v) is 11.7. The first-order chi connectivity index (χ1) is 15.6. The summed E-state index contributed by atoms with van der Waals surface area (Å²) >= 11 is -0.139. The second kappa shape index (κ2) is 12.4. The van der Waals surface area contributed by atoms with Gasteiger partial charge in [-0.05, 0) is 38.1 Å². The topological polar surface area (TPSA) is 97.5 Å². The Morgan fingerprint density at radius 2 is 1.88 bits per heavy atom. The Kier molecular flexibility index (Phi) is 9.98. The number of aromatic nitrogens is 2. The van der Waals surface area contributed by atoms with E-state index in [1.54, 1.807) is 6.07 Å². The first-order valence-corrected chi connectivity index (χ1v) is 14.0. The molecule has 7 nitrogen and oxygen atoms in total. The molecule has 0 saturated carbocycles. The molecule has 2 heterocycles. The third kappa shape index (κ3) is 7.93. The SMILES string of the molecule is CC(C)NC(=O)c1ccc(OCc2c(-c3ccc(F)c(F)c3)noc2CO)nc1.[CH3][Al]([CH3])[CH3]. The van der Waals surface area contributed by atoms with Gasteiger partial charge in [0.05, 0.1) is 11.1 Å². The van der Waals surface area contributed by atoms with Crippen LogP contribution in [0.5, 0.6) is 5.88 Å². The normalized spacial score (nSPS) is 10.5. The second-order valence-electron chi connectivity index (χ2n) is 8.25. The van der Waals surface area contributed by atoms with E-state index in [2.05, 4.69) is 32.8 Å². The summed E-state index contributed by atoms with van der Waals surface area (Å²) in [7, 11) is 0. The van der Waals surface area contributed by atoms with Crippen LogP contribution in [0.15, 0.2) is 41.1 Å². The van der Waals surface area contributed by atoms with Crippen LogP contribution < -0.4 is 10.1 Å². The van der Waals surface area contributed by atoms with E-state index in [-0.39, 0.29) is 55.6 Å². The zero-order valence-electron chi connectivity index (χ0n) is 19.4. The van der Waals surface area contributed by atoms with Crippen molar-refractivity contribution in [3.63, 3.8) is 0 Å². The number of hydrogen-bond acceptors (Lipinski definition) is 6. The van der Waals surface area contributed by atoms with E-state index in [4.69, 9.17) is 9.26 Å². The van der Waals surface area contributed by atoms with Crippen molar-refractivity contribution < 1.29 is 27.9 Å². The van der Waals surface area contributed by atoms with Crippen LogP contribution in [0.4, 0.5) is 8.78 Å². The van der Waals surface area contributed by atoms with Gasteiger partial charge in [-0.2, -0.15) is 0 Å². The molecule has 3 aromatic rings. The van der Waals surface area contributed by atoms with E-state index in [1.807, 2.05) is 13.8 Å². The summed E-state index contributed by atoms with van der Waals surface area (Å²) in [6, 6.07) is 6.40. The number of benzene rings is 1. The maximum atomic E-state index is 13.6. The number of carbonyl (C=O) groups excluding carboxylic acids is 1. The average Bonchev–Trinajstić information content (AvgIpc) is 3.16. The third-order valence-electron chi connectivity index (χ3n) is 3.99. The molecule has 10 heteroatoms. The zero-order valence-corrected chi connectivity index (χ0v) is 20.5. The minimum absolute atomic E-state index is 0.00126. The highest BCUT2D eigenvalue weighted by Crippen LogP contribution is 2.28. The Morgan fingerprint density at radius 3 is 2.42 bits per heavy atom. The fourth-order valence-electron chi connectivity index (χ4n) is 2.58. The highest BCUT2D eigenvalue weighted by atomic mass is 27.2. The molecule has 0 unspecified atom stereocenters. The van der Waals surface area contributed by atoms with E-state index in [0.29, 0.717) is 11.1 Å². The van der Waals surface area contributed by atoms with Gasteiger partial charge in [0.25, 0.3) is 20.1 Å². The van der Waals surface area contributed by atoms with Gasteiger partial charge in [-0.1, -0.05) is 5.16 Å². The zero-order chi connectivity index (χ0) is 24.5. The van der Waals surface area contributed by atoms with Gasteiger partial charge in [0.15, 0.2) is 17.4 Å². The minimum Gasteiger partial charge on any atom is -0.473 e. The lowest BCUT2D eigenvalue weighted by molar-refractivity contribution is 0.0942.